The van der Waals surface area contributed by atoms with Crippen LogP contribution in [0.2, 0.25) is 0 Å². The van der Waals surface area contributed by atoms with Crippen molar-refractivity contribution in [2.75, 3.05) is 6.61 Å². The van der Waals surface area contributed by atoms with Crippen LogP contribution in [0.25, 0.3) is 0 Å². The Labute approximate surface area is 94.3 Å². The van der Waals surface area contributed by atoms with Crippen LogP contribution in [0.3, 0.4) is 0 Å². The normalized spacial score (nSPS) is 25.2. The molecule has 0 aliphatic heterocycles. The van der Waals surface area contributed by atoms with Gasteiger partial charge in [-0.2, -0.15) is 0 Å². The highest BCUT2D eigenvalue weighted by Crippen LogP contribution is 2.37. The number of carbonyl (C=O) groups excluding carboxylic acids is 3. The average Bonchev–Trinajstić information content (AvgIpc) is 2.21. The molecule has 1 fully saturated rings. The van der Waals surface area contributed by atoms with E-state index < -0.39 is 17.3 Å². The predicted octanol–water partition coefficient (Wildman–Crippen LogP) is 0.554. The number of Topliss-reactive ketones (excluding diaryl/α,β-unsaturated/α-hetero) is 1. The van der Waals surface area contributed by atoms with Crippen LogP contribution in [0.4, 0.5) is 0 Å². The van der Waals surface area contributed by atoms with Crippen molar-refractivity contribution in [1.82, 2.24) is 0 Å². The van der Waals surface area contributed by atoms with Gasteiger partial charge >= 0.3 is 5.97 Å². The van der Waals surface area contributed by atoms with Gasteiger partial charge in [0.25, 0.3) is 0 Å². The van der Waals surface area contributed by atoms with Crippen LogP contribution in [0.1, 0.15) is 39.0 Å². The molecular formula is C11H17NO4. The minimum atomic E-state index is -1.31. The summed E-state index contributed by atoms with van der Waals surface area (Å²) >= 11 is 0. The molecule has 1 amide bonds. The minimum Gasteiger partial charge on any atom is -0.465 e. The molecule has 0 radical (unpaired) electrons. The van der Waals surface area contributed by atoms with Gasteiger partial charge in [0.05, 0.1) is 6.61 Å². The zero-order valence-electron chi connectivity index (χ0n) is 9.45. The Balaban J connectivity index is 2.94. The van der Waals surface area contributed by atoms with Crippen molar-refractivity contribution in [3.8, 4) is 0 Å². The minimum absolute atomic E-state index is 0.201. The molecule has 0 aromatic carbocycles. The number of ether oxygens (including phenoxy) is 1. The molecule has 0 saturated heterocycles. The van der Waals surface area contributed by atoms with E-state index in [0.29, 0.717) is 12.8 Å². The maximum atomic E-state index is 11.9. The topological polar surface area (TPSA) is 86.5 Å². The van der Waals surface area contributed by atoms with Crippen LogP contribution in [0, 0.1) is 5.41 Å². The van der Waals surface area contributed by atoms with Gasteiger partial charge in [0.15, 0.2) is 5.78 Å². The number of hydrogen-bond acceptors (Lipinski definition) is 4. The van der Waals surface area contributed by atoms with Crippen LogP contribution in [0.5, 0.6) is 0 Å². The fourth-order valence-electron chi connectivity index (χ4n) is 2.13. The monoisotopic (exact) mass is 227 g/mol. The highest BCUT2D eigenvalue weighted by atomic mass is 16.5. The summed E-state index contributed by atoms with van der Waals surface area (Å²) in [6.45, 7) is 1.87. The Hall–Kier alpha value is -1.39. The molecule has 1 saturated carbocycles. The van der Waals surface area contributed by atoms with Crippen LogP contribution >= 0.6 is 0 Å². The smallest absolute Gasteiger partial charge is 0.320 e. The van der Waals surface area contributed by atoms with Gasteiger partial charge in [-0.05, 0) is 19.8 Å². The van der Waals surface area contributed by atoms with Crippen molar-refractivity contribution >= 4 is 17.7 Å². The second kappa shape index (κ2) is 5.09. The van der Waals surface area contributed by atoms with Gasteiger partial charge in [-0.25, -0.2) is 0 Å². The summed E-state index contributed by atoms with van der Waals surface area (Å²) in [7, 11) is 0. The molecule has 0 aromatic rings. The Morgan fingerprint density at radius 3 is 2.62 bits per heavy atom. The molecule has 0 heterocycles. The van der Waals surface area contributed by atoms with E-state index in [1.807, 2.05) is 0 Å². The van der Waals surface area contributed by atoms with Crippen molar-refractivity contribution in [3.05, 3.63) is 0 Å². The summed E-state index contributed by atoms with van der Waals surface area (Å²) in [5.74, 6) is -1.45. The summed E-state index contributed by atoms with van der Waals surface area (Å²) < 4.78 is 4.89. The van der Waals surface area contributed by atoms with Gasteiger partial charge in [0.2, 0.25) is 5.91 Å². The first-order valence-electron chi connectivity index (χ1n) is 5.52. The quantitative estimate of drug-likeness (QED) is 0.561. The summed E-state index contributed by atoms with van der Waals surface area (Å²) in [5.41, 5.74) is 3.80. The van der Waals surface area contributed by atoms with Crippen molar-refractivity contribution in [3.63, 3.8) is 0 Å². The molecule has 0 bridgehead atoms. The lowest BCUT2D eigenvalue weighted by molar-refractivity contribution is -0.164. The Morgan fingerprint density at radius 1 is 1.44 bits per heavy atom. The second-order valence-electron chi connectivity index (χ2n) is 4.08. The van der Waals surface area contributed by atoms with Gasteiger partial charge in [0, 0.05) is 12.8 Å². The molecule has 1 aliphatic carbocycles. The molecule has 1 atom stereocenters. The number of hydrogen-bond donors (Lipinski definition) is 1. The predicted molar refractivity (Wildman–Crippen MR) is 56.4 cm³/mol. The lowest BCUT2D eigenvalue weighted by Crippen LogP contribution is -2.45. The van der Waals surface area contributed by atoms with Gasteiger partial charge < -0.3 is 10.5 Å². The first-order valence-corrected chi connectivity index (χ1v) is 5.52. The number of amides is 1. The maximum absolute atomic E-state index is 11.9. The SMILES string of the molecule is CCOC(=O)C1(CC(N)=O)CCCCC1=O. The summed E-state index contributed by atoms with van der Waals surface area (Å²) in [4.78, 5) is 34.7. The Morgan fingerprint density at radius 2 is 2.12 bits per heavy atom. The van der Waals surface area contributed by atoms with E-state index >= 15 is 0 Å². The van der Waals surface area contributed by atoms with Crippen molar-refractivity contribution in [1.29, 1.82) is 0 Å². The van der Waals surface area contributed by atoms with Crippen molar-refractivity contribution < 1.29 is 19.1 Å². The van der Waals surface area contributed by atoms with E-state index in [9.17, 15) is 14.4 Å². The van der Waals surface area contributed by atoms with Crippen LogP contribution < -0.4 is 5.73 Å². The van der Waals surface area contributed by atoms with E-state index in [1.165, 1.54) is 0 Å². The fraction of sp³-hybridized carbons (Fsp3) is 0.727. The van der Waals surface area contributed by atoms with E-state index in [0.717, 1.165) is 12.8 Å². The van der Waals surface area contributed by atoms with E-state index in [-0.39, 0.29) is 18.8 Å². The van der Waals surface area contributed by atoms with Gasteiger partial charge in [0.1, 0.15) is 5.41 Å². The average molecular weight is 227 g/mol. The molecule has 5 nitrogen and oxygen atoms in total. The molecule has 90 valence electrons. The number of esters is 1. The van der Waals surface area contributed by atoms with Gasteiger partial charge in [-0.15, -0.1) is 0 Å². The summed E-state index contributed by atoms with van der Waals surface area (Å²) in [6, 6.07) is 0. The fourth-order valence-corrected chi connectivity index (χ4v) is 2.13. The first kappa shape index (κ1) is 12.7. The van der Waals surface area contributed by atoms with E-state index in [4.69, 9.17) is 10.5 Å². The lowest BCUT2D eigenvalue weighted by atomic mass is 9.70. The van der Waals surface area contributed by atoms with E-state index in [1.54, 1.807) is 6.92 Å². The third-order valence-electron chi connectivity index (χ3n) is 2.93. The third kappa shape index (κ3) is 2.40. The van der Waals surface area contributed by atoms with Crippen LogP contribution in [-0.4, -0.2) is 24.3 Å². The number of primary amides is 1. The highest BCUT2D eigenvalue weighted by Gasteiger charge is 2.48. The largest absolute Gasteiger partial charge is 0.465 e. The molecule has 16 heavy (non-hydrogen) atoms. The molecule has 2 N–H and O–H groups in total. The molecule has 1 rings (SSSR count). The number of ketones is 1. The second-order valence-corrected chi connectivity index (χ2v) is 4.08. The zero-order valence-corrected chi connectivity index (χ0v) is 9.45. The zero-order chi connectivity index (χ0) is 12.2. The number of nitrogens with two attached hydrogens (primary N) is 1. The molecule has 0 spiro atoms. The number of rotatable bonds is 4. The molecular weight excluding hydrogens is 210 g/mol. The molecule has 1 unspecified atom stereocenters. The lowest BCUT2D eigenvalue weighted by Gasteiger charge is -2.32. The third-order valence-corrected chi connectivity index (χ3v) is 2.93. The molecule has 1 aliphatic rings. The van der Waals surface area contributed by atoms with Crippen molar-refractivity contribution in [2.45, 2.75) is 39.0 Å². The van der Waals surface area contributed by atoms with Crippen LogP contribution in [0.15, 0.2) is 0 Å². The van der Waals surface area contributed by atoms with Gasteiger partial charge in [-0.1, -0.05) is 6.42 Å². The van der Waals surface area contributed by atoms with Crippen molar-refractivity contribution in [2.24, 2.45) is 11.1 Å². The first-order chi connectivity index (χ1) is 7.53. The van der Waals surface area contributed by atoms with Gasteiger partial charge in [-0.3, -0.25) is 14.4 Å². The summed E-state index contributed by atoms with van der Waals surface area (Å²) in [5, 5.41) is 0. The van der Waals surface area contributed by atoms with E-state index in [2.05, 4.69) is 0 Å². The Bertz CT molecular complexity index is 313. The Kier molecular flexibility index (Phi) is 4.04. The van der Waals surface area contributed by atoms with Crippen LogP contribution in [-0.2, 0) is 19.1 Å². The molecule has 5 heteroatoms. The standard InChI is InChI=1S/C11H17NO4/c1-2-16-10(15)11(7-9(12)14)6-4-3-5-8(11)13/h2-7H2,1H3,(H2,12,14). The maximum Gasteiger partial charge on any atom is 0.320 e. The molecule has 0 aromatic heterocycles. The highest BCUT2D eigenvalue weighted by molar-refractivity contribution is 6.07. The number of carbonyl (C=O) groups is 3. The summed E-state index contributed by atoms with van der Waals surface area (Å²) in [6.07, 6.45) is 1.97.